The summed E-state index contributed by atoms with van der Waals surface area (Å²) in [5, 5.41) is 4.01. The molecule has 1 atom stereocenters. The molecule has 2 N–H and O–H groups in total. The number of amides is 1. The second-order valence-corrected chi connectivity index (χ2v) is 7.32. The zero-order chi connectivity index (χ0) is 19.0. The number of aromatic amines is 1. The third-order valence-electron chi connectivity index (χ3n) is 4.80. The van der Waals surface area contributed by atoms with E-state index in [1.807, 2.05) is 0 Å². The van der Waals surface area contributed by atoms with Gasteiger partial charge in [0.05, 0.1) is 21.8 Å². The van der Waals surface area contributed by atoms with Crippen LogP contribution in [-0.4, -0.2) is 15.5 Å². The largest absolute Gasteiger partial charge is 0.344 e. The molecule has 5 nitrogen and oxygen atoms in total. The maximum atomic E-state index is 13.0. The molecular weight excluding hydrogens is 385 g/mol. The summed E-state index contributed by atoms with van der Waals surface area (Å²) >= 11 is 12.6. The molecule has 2 heterocycles. The lowest BCUT2D eigenvalue weighted by molar-refractivity contribution is 0.0925. The number of fused-ring (bicyclic) bond motifs is 1. The fourth-order valence-electron chi connectivity index (χ4n) is 3.56. The molecule has 0 saturated carbocycles. The summed E-state index contributed by atoms with van der Waals surface area (Å²) in [5.41, 5.74) is 2.75. The second-order valence-electron chi connectivity index (χ2n) is 6.51. The summed E-state index contributed by atoms with van der Waals surface area (Å²) in [6.45, 7) is 0. The summed E-state index contributed by atoms with van der Waals surface area (Å²) in [4.78, 5) is 27.4. The van der Waals surface area contributed by atoms with E-state index < -0.39 is 0 Å². The van der Waals surface area contributed by atoms with Gasteiger partial charge in [-0.05, 0) is 55.2 Å². The van der Waals surface area contributed by atoms with Crippen molar-refractivity contribution in [3.05, 3.63) is 86.0 Å². The number of nitrogens with one attached hydrogen (secondary N) is 2. The van der Waals surface area contributed by atoms with Crippen LogP contribution in [0.25, 0.3) is 5.69 Å². The van der Waals surface area contributed by atoms with Gasteiger partial charge >= 0.3 is 0 Å². The average molecular weight is 402 g/mol. The van der Waals surface area contributed by atoms with E-state index in [1.54, 1.807) is 47.2 Å². The number of hydrogen-bond donors (Lipinski definition) is 2. The number of pyridine rings is 1. The van der Waals surface area contributed by atoms with Crippen molar-refractivity contribution in [1.82, 2.24) is 14.9 Å². The van der Waals surface area contributed by atoms with E-state index in [2.05, 4.69) is 10.3 Å². The SMILES string of the molecule is O=C(NC1CCCc2[nH]c(=O)ccc21)c1cccn1-c1c(Cl)cccc1Cl. The minimum Gasteiger partial charge on any atom is -0.344 e. The first-order valence-corrected chi connectivity index (χ1v) is 9.45. The zero-order valence-corrected chi connectivity index (χ0v) is 15.8. The Morgan fingerprint density at radius 3 is 2.67 bits per heavy atom. The molecule has 0 bridgehead atoms. The van der Waals surface area contributed by atoms with Crippen LogP contribution in [0.4, 0.5) is 0 Å². The van der Waals surface area contributed by atoms with Crippen molar-refractivity contribution in [2.75, 3.05) is 0 Å². The summed E-state index contributed by atoms with van der Waals surface area (Å²) in [6.07, 6.45) is 4.28. The lowest BCUT2D eigenvalue weighted by Crippen LogP contribution is -2.33. The molecule has 7 heteroatoms. The summed E-state index contributed by atoms with van der Waals surface area (Å²) in [5.74, 6) is -0.222. The molecule has 27 heavy (non-hydrogen) atoms. The normalized spacial score (nSPS) is 16.0. The van der Waals surface area contributed by atoms with Gasteiger partial charge in [-0.3, -0.25) is 9.59 Å². The van der Waals surface area contributed by atoms with Crippen LogP contribution in [-0.2, 0) is 6.42 Å². The maximum Gasteiger partial charge on any atom is 0.268 e. The standard InChI is InChI=1S/C20H17Cl2N3O2/c21-13-4-1-5-14(22)19(13)25-11-3-8-17(25)20(27)24-16-7-2-6-15-12(16)9-10-18(26)23-15/h1,3-5,8-11,16H,2,6-7H2,(H,23,26)(H,24,27). The molecule has 0 fully saturated rings. The number of carbonyl (C=O) groups is 1. The van der Waals surface area contributed by atoms with Crippen molar-refractivity contribution < 1.29 is 4.79 Å². The molecule has 1 amide bonds. The monoisotopic (exact) mass is 401 g/mol. The van der Waals surface area contributed by atoms with Gasteiger partial charge in [0.15, 0.2) is 0 Å². The number of halogens is 2. The molecule has 1 aromatic carbocycles. The fraction of sp³-hybridized carbons (Fsp3) is 0.200. The smallest absolute Gasteiger partial charge is 0.268 e. The van der Waals surface area contributed by atoms with Gasteiger partial charge in [-0.25, -0.2) is 0 Å². The van der Waals surface area contributed by atoms with Gasteiger partial charge in [0.2, 0.25) is 5.56 Å². The van der Waals surface area contributed by atoms with Crippen molar-refractivity contribution in [2.24, 2.45) is 0 Å². The average Bonchev–Trinajstić information content (AvgIpc) is 3.11. The number of aromatic nitrogens is 2. The number of nitrogens with zero attached hydrogens (tertiary/aromatic N) is 1. The fourth-order valence-corrected chi connectivity index (χ4v) is 4.14. The van der Waals surface area contributed by atoms with Crippen molar-refractivity contribution >= 4 is 29.1 Å². The molecule has 0 aliphatic heterocycles. The second kappa shape index (κ2) is 7.25. The Balaban J connectivity index is 1.65. The van der Waals surface area contributed by atoms with E-state index in [-0.39, 0.29) is 17.5 Å². The van der Waals surface area contributed by atoms with Crippen molar-refractivity contribution in [3.63, 3.8) is 0 Å². The van der Waals surface area contributed by atoms with E-state index in [4.69, 9.17) is 23.2 Å². The van der Waals surface area contributed by atoms with Gasteiger partial charge < -0.3 is 14.9 Å². The van der Waals surface area contributed by atoms with E-state index in [9.17, 15) is 9.59 Å². The van der Waals surface area contributed by atoms with Crippen LogP contribution in [0.2, 0.25) is 10.0 Å². The van der Waals surface area contributed by atoms with Crippen LogP contribution >= 0.6 is 23.2 Å². The highest BCUT2D eigenvalue weighted by atomic mass is 35.5. The van der Waals surface area contributed by atoms with Crippen LogP contribution < -0.4 is 10.9 Å². The minimum atomic E-state index is -0.222. The molecular formula is C20H17Cl2N3O2. The van der Waals surface area contributed by atoms with E-state index in [1.165, 1.54) is 6.07 Å². The van der Waals surface area contributed by atoms with Gasteiger partial charge in [-0.1, -0.05) is 29.3 Å². The Kier molecular flexibility index (Phi) is 4.81. The Labute approximate surface area is 165 Å². The Morgan fingerprint density at radius 2 is 1.89 bits per heavy atom. The minimum absolute atomic E-state index is 0.122. The van der Waals surface area contributed by atoms with Gasteiger partial charge in [-0.15, -0.1) is 0 Å². The maximum absolute atomic E-state index is 13.0. The highest BCUT2D eigenvalue weighted by Gasteiger charge is 2.24. The first-order valence-electron chi connectivity index (χ1n) is 8.69. The number of carbonyl (C=O) groups excluding carboxylic acids is 1. The molecule has 3 aromatic rings. The Morgan fingerprint density at radius 1 is 1.11 bits per heavy atom. The van der Waals surface area contributed by atoms with Crippen molar-refractivity contribution in [3.8, 4) is 5.69 Å². The number of H-pyrrole nitrogens is 1. The summed E-state index contributed by atoms with van der Waals surface area (Å²) in [6, 6.07) is 11.9. The number of benzene rings is 1. The van der Waals surface area contributed by atoms with Crippen LogP contribution in [0, 0.1) is 0 Å². The van der Waals surface area contributed by atoms with Crippen LogP contribution in [0.3, 0.4) is 0 Å². The van der Waals surface area contributed by atoms with E-state index >= 15 is 0 Å². The summed E-state index contributed by atoms with van der Waals surface area (Å²) in [7, 11) is 0. The van der Waals surface area contributed by atoms with Crippen LogP contribution in [0.15, 0.2) is 53.5 Å². The third-order valence-corrected chi connectivity index (χ3v) is 5.41. The quantitative estimate of drug-likeness (QED) is 0.687. The van der Waals surface area contributed by atoms with Gasteiger partial charge in [-0.2, -0.15) is 0 Å². The molecule has 2 aromatic heterocycles. The Hall–Kier alpha value is -2.50. The predicted molar refractivity (Wildman–Crippen MR) is 106 cm³/mol. The Bertz CT molecular complexity index is 1050. The predicted octanol–water partition coefficient (Wildman–Crippen LogP) is 4.28. The van der Waals surface area contributed by atoms with E-state index in [0.29, 0.717) is 21.4 Å². The third kappa shape index (κ3) is 3.40. The molecule has 1 unspecified atom stereocenters. The van der Waals surface area contributed by atoms with Crippen LogP contribution in [0.5, 0.6) is 0 Å². The molecule has 0 saturated heterocycles. The molecule has 1 aliphatic carbocycles. The number of para-hydroxylation sites is 1. The molecule has 0 radical (unpaired) electrons. The highest BCUT2D eigenvalue weighted by Crippen LogP contribution is 2.31. The van der Waals surface area contributed by atoms with E-state index in [0.717, 1.165) is 30.5 Å². The highest BCUT2D eigenvalue weighted by molar-refractivity contribution is 6.37. The van der Waals surface area contributed by atoms with Gasteiger partial charge in [0.25, 0.3) is 5.91 Å². The lowest BCUT2D eigenvalue weighted by atomic mass is 9.91. The number of aryl methyl sites for hydroxylation is 1. The number of rotatable bonds is 3. The summed E-state index contributed by atoms with van der Waals surface area (Å²) < 4.78 is 1.69. The molecule has 138 valence electrons. The van der Waals surface area contributed by atoms with Gasteiger partial charge in [0.1, 0.15) is 5.69 Å². The molecule has 0 spiro atoms. The van der Waals surface area contributed by atoms with Crippen LogP contribution in [0.1, 0.15) is 40.6 Å². The first-order chi connectivity index (χ1) is 13.0. The molecule has 1 aliphatic rings. The number of hydrogen-bond acceptors (Lipinski definition) is 2. The zero-order valence-electron chi connectivity index (χ0n) is 14.3. The lowest BCUT2D eigenvalue weighted by Gasteiger charge is -2.26. The first kappa shape index (κ1) is 17.9. The topological polar surface area (TPSA) is 66.9 Å². The van der Waals surface area contributed by atoms with Gasteiger partial charge in [0, 0.05) is 18.0 Å². The van der Waals surface area contributed by atoms with Crippen molar-refractivity contribution in [1.29, 1.82) is 0 Å². The molecule has 4 rings (SSSR count). The van der Waals surface area contributed by atoms with Crippen molar-refractivity contribution in [2.45, 2.75) is 25.3 Å².